The molecule has 6 atom stereocenters. The van der Waals surface area contributed by atoms with Crippen molar-refractivity contribution in [2.45, 2.75) is 49.8 Å². The summed E-state index contributed by atoms with van der Waals surface area (Å²) in [6.45, 7) is 8.92. The van der Waals surface area contributed by atoms with Crippen LogP contribution in [0.25, 0.3) is 15.5 Å². The molecule has 2 aromatic heterocycles. The van der Waals surface area contributed by atoms with Crippen LogP contribution < -0.4 is 5.32 Å². The maximum absolute atomic E-state index is 14.0. The number of piperidine rings is 1. The van der Waals surface area contributed by atoms with Crippen LogP contribution in [0.4, 0.5) is 5.69 Å². The number of para-hydroxylation sites is 1. The summed E-state index contributed by atoms with van der Waals surface area (Å²) in [4.78, 5) is 31.7. The molecule has 39 heavy (non-hydrogen) atoms. The van der Waals surface area contributed by atoms with Crippen molar-refractivity contribution in [1.82, 2.24) is 20.0 Å². The van der Waals surface area contributed by atoms with E-state index in [4.69, 9.17) is 11.3 Å². The molecule has 1 amide bonds. The minimum atomic E-state index is -1.05. The predicted molar refractivity (Wildman–Crippen MR) is 144 cm³/mol. The van der Waals surface area contributed by atoms with E-state index in [0.717, 1.165) is 28.2 Å². The van der Waals surface area contributed by atoms with Crippen molar-refractivity contribution in [2.75, 3.05) is 19.0 Å². The number of aliphatic hydroxyl groups is 1. The molecule has 10 nitrogen and oxygen atoms in total. The van der Waals surface area contributed by atoms with Gasteiger partial charge in [0.05, 0.1) is 36.8 Å². The average Bonchev–Trinajstić information content (AvgIpc) is 3.70. The van der Waals surface area contributed by atoms with Gasteiger partial charge in [-0.15, -0.1) is 21.4 Å². The number of ether oxygens (including phenoxy) is 1. The molecule has 2 fully saturated rings. The van der Waals surface area contributed by atoms with Gasteiger partial charge in [-0.1, -0.05) is 29.5 Å². The monoisotopic (exact) mass is 546 g/mol. The zero-order valence-electron chi connectivity index (χ0n) is 21.6. The number of benzene rings is 1. The third-order valence-electron chi connectivity index (χ3n) is 8.87. The molecule has 2 aliphatic heterocycles. The van der Waals surface area contributed by atoms with Crippen LogP contribution in [0.15, 0.2) is 48.0 Å². The molecule has 3 aromatic rings. The molecule has 0 unspecified atom stereocenters. The number of rotatable bonds is 6. The van der Waals surface area contributed by atoms with Gasteiger partial charge in [0.2, 0.25) is 5.91 Å². The van der Waals surface area contributed by atoms with Crippen molar-refractivity contribution in [3.63, 3.8) is 0 Å². The van der Waals surface area contributed by atoms with Crippen molar-refractivity contribution in [1.29, 1.82) is 0 Å². The number of nitrogens with one attached hydrogen (secondary N) is 1. The van der Waals surface area contributed by atoms with Crippen LogP contribution in [-0.2, 0) is 26.3 Å². The van der Waals surface area contributed by atoms with Crippen LogP contribution >= 0.6 is 11.3 Å². The Morgan fingerprint density at radius 1 is 1.31 bits per heavy atom. The molecule has 0 radical (unpaired) electrons. The van der Waals surface area contributed by atoms with Gasteiger partial charge in [-0.25, -0.2) is 0 Å². The summed E-state index contributed by atoms with van der Waals surface area (Å²) in [5.74, 6) is -1.40. The number of amides is 1. The SMILES string of the molecule is [C-]#[N+]N1C[C@@H]2CC[C@H](O)[C@H](C(=O)OC)[C@H]2C[C@H]1[C@@]1(CCn2cc(-c3cccs3)nn2)C(=O)Nc2ccccc21. The number of carbonyl (C=O) groups is 2. The fraction of sp³-hybridized carbons (Fsp3) is 0.464. The lowest BCUT2D eigenvalue weighted by Crippen LogP contribution is -2.60. The highest BCUT2D eigenvalue weighted by atomic mass is 32.1. The van der Waals surface area contributed by atoms with Gasteiger partial charge in [-0.3, -0.25) is 14.3 Å². The maximum Gasteiger partial charge on any atom is 0.311 e. The van der Waals surface area contributed by atoms with Crippen molar-refractivity contribution in [2.24, 2.45) is 17.8 Å². The normalized spacial score (nSPS) is 29.7. The maximum atomic E-state index is 14.0. The Morgan fingerprint density at radius 2 is 2.15 bits per heavy atom. The van der Waals surface area contributed by atoms with Crippen LogP contribution in [0.3, 0.4) is 0 Å². The third-order valence-corrected chi connectivity index (χ3v) is 9.76. The van der Waals surface area contributed by atoms with E-state index in [2.05, 4.69) is 20.6 Å². The Labute approximate surface area is 230 Å². The molecule has 0 bridgehead atoms. The molecule has 1 aliphatic carbocycles. The highest BCUT2D eigenvalue weighted by Crippen LogP contribution is 2.52. The number of anilines is 1. The molecule has 202 valence electrons. The zero-order chi connectivity index (χ0) is 27.1. The fourth-order valence-electron chi connectivity index (χ4n) is 7.02. The summed E-state index contributed by atoms with van der Waals surface area (Å²) >= 11 is 1.59. The lowest BCUT2D eigenvalue weighted by Gasteiger charge is -2.49. The number of hydrogen-bond acceptors (Lipinski definition) is 8. The zero-order valence-corrected chi connectivity index (χ0v) is 22.4. The number of esters is 1. The van der Waals surface area contributed by atoms with Crippen molar-refractivity contribution < 1.29 is 19.4 Å². The first-order valence-electron chi connectivity index (χ1n) is 13.2. The number of fused-ring (bicyclic) bond motifs is 2. The quantitative estimate of drug-likeness (QED) is 0.360. The highest BCUT2D eigenvalue weighted by Gasteiger charge is 2.60. The van der Waals surface area contributed by atoms with Crippen LogP contribution in [0.5, 0.6) is 0 Å². The Balaban J connectivity index is 1.38. The number of thiophene rings is 1. The molecule has 1 aromatic carbocycles. The van der Waals surface area contributed by atoms with Crippen LogP contribution in [0.2, 0.25) is 0 Å². The molecular formula is C28H30N6O4S. The molecule has 11 heteroatoms. The number of hydrogen-bond donors (Lipinski definition) is 2. The van der Waals surface area contributed by atoms with E-state index in [0.29, 0.717) is 32.4 Å². The molecule has 6 rings (SSSR count). The largest absolute Gasteiger partial charge is 0.469 e. The fourth-order valence-corrected chi connectivity index (χ4v) is 7.70. The number of nitrogens with zero attached hydrogens (tertiary/aromatic N) is 5. The number of aryl methyl sites for hydroxylation is 1. The number of aromatic nitrogens is 3. The van der Waals surface area contributed by atoms with E-state index in [1.54, 1.807) is 21.0 Å². The third kappa shape index (κ3) is 4.19. The van der Waals surface area contributed by atoms with Gasteiger partial charge < -0.3 is 15.2 Å². The van der Waals surface area contributed by atoms with Gasteiger partial charge in [-0.05, 0) is 60.6 Å². The molecule has 4 heterocycles. The topological polar surface area (TPSA) is 114 Å². The first kappa shape index (κ1) is 25.5. The standard InChI is InChI=1S/C28H30N6O4S/c1-29-34-15-17-9-10-22(35)25(26(36)38-2)18(17)14-24(34)28(19-6-3-4-7-20(19)30-27(28)37)11-12-33-16-21(31-32-33)23-8-5-13-39-23/h3-8,13,16-18,22,24-25,35H,9-12,14-15H2,2H3,(H,30,37)/t17-,18-,22-,24-,25+,28-/m0/s1. The van der Waals surface area contributed by atoms with E-state index in [9.17, 15) is 14.7 Å². The van der Waals surface area contributed by atoms with Gasteiger partial charge in [0.15, 0.2) is 0 Å². The Hall–Kier alpha value is -3.75. The minimum absolute atomic E-state index is 0.0586. The van der Waals surface area contributed by atoms with Gasteiger partial charge >= 0.3 is 5.97 Å². The van der Waals surface area contributed by atoms with Crippen LogP contribution in [0, 0.1) is 24.3 Å². The predicted octanol–water partition coefficient (Wildman–Crippen LogP) is 3.37. The lowest BCUT2D eigenvalue weighted by atomic mass is 9.60. The molecule has 0 spiro atoms. The smallest absolute Gasteiger partial charge is 0.311 e. The number of aliphatic hydroxyl groups excluding tert-OH is 1. The van der Waals surface area contributed by atoms with Gasteiger partial charge in [0.25, 0.3) is 0 Å². The first-order chi connectivity index (χ1) is 19.0. The van der Waals surface area contributed by atoms with Crippen molar-refractivity contribution in [3.8, 4) is 10.6 Å². The summed E-state index contributed by atoms with van der Waals surface area (Å²) in [6.07, 6.45) is 3.10. The summed E-state index contributed by atoms with van der Waals surface area (Å²) in [7, 11) is 1.34. The number of carbonyl (C=O) groups excluding carboxylic acids is 2. The van der Waals surface area contributed by atoms with Crippen molar-refractivity contribution in [3.05, 3.63) is 65.1 Å². The Bertz CT molecular complexity index is 1420. The molecule has 1 saturated carbocycles. The van der Waals surface area contributed by atoms with E-state index < -0.39 is 29.4 Å². The second-order valence-corrected chi connectivity index (χ2v) is 11.6. The van der Waals surface area contributed by atoms with Gasteiger partial charge in [-0.2, -0.15) is 11.5 Å². The van der Waals surface area contributed by atoms with Gasteiger partial charge in [0, 0.05) is 12.2 Å². The molecular weight excluding hydrogens is 516 g/mol. The van der Waals surface area contributed by atoms with Crippen LogP contribution in [-0.4, -0.2) is 62.8 Å². The molecule has 3 aliphatic rings. The molecule has 1 saturated heterocycles. The highest BCUT2D eigenvalue weighted by molar-refractivity contribution is 7.13. The lowest BCUT2D eigenvalue weighted by molar-refractivity contribution is -0.160. The second kappa shape index (κ2) is 10.1. The summed E-state index contributed by atoms with van der Waals surface area (Å²) < 4.78 is 6.84. The average molecular weight is 547 g/mol. The molecule has 2 N–H and O–H groups in total. The van der Waals surface area contributed by atoms with Crippen LogP contribution in [0.1, 0.15) is 31.2 Å². The summed E-state index contributed by atoms with van der Waals surface area (Å²) in [5, 5.41) is 26.2. The van der Waals surface area contributed by atoms with E-state index >= 15 is 0 Å². The number of methoxy groups -OCH3 is 1. The first-order valence-corrected chi connectivity index (χ1v) is 14.1. The minimum Gasteiger partial charge on any atom is -0.469 e. The summed E-state index contributed by atoms with van der Waals surface area (Å²) in [6, 6.07) is 11.1. The summed E-state index contributed by atoms with van der Waals surface area (Å²) in [5.41, 5.74) is 1.30. The Kier molecular flexibility index (Phi) is 6.61. The van der Waals surface area contributed by atoms with E-state index in [1.165, 1.54) is 7.11 Å². The van der Waals surface area contributed by atoms with Gasteiger partial charge in [0.1, 0.15) is 17.2 Å². The van der Waals surface area contributed by atoms with E-state index in [-0.39, 0.29) is 17.7 Å². The second-order valence-electron chi connectivity index (χ2n) is 10.7. The van der Waals surface area contributed by atoms with Crippen molar-refractivity contribution >= 4 is 28.9 Å². The van der Waals surface area contributed by atoms with E-state index in [1.807, 2.05) is 48.0 Å². The Morgan fingerprint density at radius 3 is 2.92 bits per heavy atom.